The van der Waals surface area contributed by atoms with Gasteiger partial charge in [0.15, 0.2) is 11.5 Å². The molecular weight excluding hydrogens is 320 g/mol. The molecule has 6 nitrogen and oxygen atoms in total. The predicted octanol–water partition coefficient (Wildman–Crippen LogP) is 3.29. The number of nitrogens with one attached hydrogen (secondary N) is 2. The highest BCUT2D eigenvalue weighted by molar-refractivity contribution is 5.94. The summed E-state index contributed by atoms with van der Waals surface area (Å²) in [6.45, 7) is 11.5. The third-order valence-corrected chi connectivity index (χ3v) is 4.10. The molecule has 0 fully saturated rings. The maximum Gasteiger partial charge on any atom is 0.287 e. The van der Waals surface area contributed by atoms with Gasteiger partial charge in [0.05, 0.1) is 0 Å². The van der Waals surface area contributed by atoms with Crippen molar-refractivity contribution in [3.05, 3.63) is 46.3 Å². The lowest BCUT2D eigenvalue weighted by Crippen LogP contribution is -2.46. The first-order valence-corrected chi connectivity index (χ1v) is 8.42. The van der Waals surface area contributed by atoms with E-state index in [9.17, 15) is 9.59 Å². The Morgan fingerprint density at radius 3 is 1.80 bits per heavy atom. The predicted molar refractivity (Wildman–Crippen MR) is 94.8 cm³/mol. The van der Waals surface area contributed by atoms with Gasteiger partial charge in [0, 0.05) is 23.7 Å². The molecule has 0 aliphatic rings. The van der Waals surface area contributed by atoms with Crippen LogP contribution in [0.15, 0.2) is 21.0 Å². The van der Waals surface area contributed by atoms with E-state index in [2.05, 4.69) is 10.6 Å². The molecule has 2 aromatic rings. The summed E-state index contributed by atoms with van der Waals surface area (Å²) in [7, 11) is 0. The summed E-state index contributed by atoms with van der Waals surface area (Å²) in [4.78, 5) is 24.7. The van der Waals surface area contributed by atoms with E-state index in [0.717, 1.165) is 11.1 Å². The van der Waals surface area contributed by atoms with Crippen molar-refractivity contribution in [3.8, 4) is 0 Å². The number of amides is 2. The molecule has 2 N–H and O–H groups in total. The highest BCUT2D eigenvalue weighted by Gasteiger charge is 2.22. The molecule has 25 heavy (non-hydrogen) atoms. The molecule has 0 aromatic carbocycles. The summed E-state index contributed by atoms with van der Waals surface area (Å²) in [6, 6.07) is 3.42. The monoisotopic (exact) mass is 346 g/mol. The van der Waals surface area contributed by atoms with Gasteiger partial charge in [-0.15, -0.1) is 0 Å². The highest BCUT2D eigenvalue weighted by atomic mass is 16.4. The van der Waals surface area contributed by atoms with Gasteiger partial charge in [-0.1, -0.05) is 13.8 Å². The van der Waals surface area contributed by atoms with Crippen LogP contribution in [0.5, 0.6) is 0 Å². The molecule has 0 saturated heterocycles. The van der Waals surface area contributed by atoms with Gasteiger partial charge >= 0.3 is 0 Å². The van der Waals surface area contributed by atoms with Crippen LogP contribution in [0.2, 0.25) is 0 Å². The van der Waals surface area contributed by atoms with Crippen LogP contribution in [0.3, 0.4) is 0 Å². The second-order valence-electron chi connectivity index (χ2n) is 6.77. The molecule has 2 heterocycles. The van der Waals surface area contributed by atoms with Crippen LogP contribution < -0.4 is 10.6 Å². The van der Waals surface area contributed by atoms with Crippen LogP contribution in [-0.4, -0.2) is 24.4 Å². The van der Waals surface area contributed by atoms with Crippen molar-refractivity contribution in [1.29, 1.82) is 0 Å². The smallest absolute Gasteiger partial charge is 0.287 e. The Balaban J connectivity index is 2.01. The summed E-state index contributed by atoms with van der Waals surface area (Å²) in [6.07, 6.45) is 0. The minimum absolute atomic E-state index is 0.139. The van der Waals surface area contributed by atoms with E-state index in [1.54, 1.807) is 13.8 Å². The van der Waals surface area contributed by atoms with Crippen LogP contribution in [-0.2, 0) is 0 Å². The van der Waals surface area contributed by atoms with Crippen molar-refractivity contribution in [1.82, 2.24) is 10.6 Å². The van der Waals surface area contributed by atoms with Crippen LogP contribution in [0.25, 0.3) is 0 Å². The number of furan rings is 2. The molecule has 0 saturated carbocycles. The molecule has 1 unspecified atom stereocenters. The number of carbonyl (C=O) groups excluding carboxylic acids is 2. The van der Waals surface area contributed by atoms with Crippen molar-refractivity contribution >= 4 is 11.8 Å². The number of hydrogen-bond donors (Lipinski definition) is 2. The third kappa shape index (κ3) is 4.53. The summed E-state index contributed by atoms with van der Waals surface area (Å²) in [5.74, 6) is 1.59. The minimum atomic E-state index is -0.282. The fourth-order valence-electron chi connectivity index (χ4n) is 2.70. The quantitative estimate of drug-likeness (QED) is 0.840. The molecule has 0 bridgehead atoms. The van der Waals surface area contributed by atoms with Gasteiger partial charge in [0.1, 0.15) is 11.5 Å². The average Bonchev–Trinajstić information content (AvgIpc) is 3.03. The average molecular weight is 346 g/mol. The van der Waals surface area contributed by atoms with Crippen molar-refractivity contribution in [2.24, 2.45) is 5.92 Å². The van der Waals surface area contributed by atoms with Crippen LogP contribution in [0, 0.1) is 33.6 Å². The van der Waals surface area contributed by atoms with E-state index in [0.29, 0.717) is 29.6 Å². The lowest BCUT2D eigenvalue weighted by Gasteiger charge is -2.22. The van der Waals surface area contributed by atoms with Crippen molar-refractivity contribution in [2.75, 3.05) is 6.54 Å². The normalized spacial score (nSPS) is 12.3. The Morgan fingerprint density at radius 1 is 0.920 bits per heavy atom. The van der Waals surface area contributed by atoms with E-state index in [1.165, 1.54) is 0 Å². The van der Waals surface area contributed by atoms with Gasteiger partial charge in [0.2, 0.25) is 0 Å². The number of rotatable bonds is 6. The summed E-state index contributed by atoms with van der Waals surface area (Å²) >= 11 is 0. The zero-order valence-corrected chi connectivity index (χ0v) is 15.6. The molecule has 136 valence electrons. The lowest BCUT2D eigenvalue weighted by molar-refractivity contribution is 0.0867. The van der Waals surface area contributed by atoms with E-state index < -0.39 is 0 Å². The maximum absolute atomic E-state index is 12.4. The second-order valence-corrected chi connectivity index (χ2v) is 6.77. The van der Waals surface area contributed by atoms with Crippen molar-refractivity contribution in [3.63, 3.8) is 0 Å². The molecule has 0 aliphatic carbocycles. The Labute approximate surface area is 148 Å². The molecule has 2 rings (SSSR count). The topological polar surface area (TPSA) is 84.5 Å². The highest BCUT2D eigenvalue weighted by Crippen LogP contribution is 2.15. The number of carbonyl (C=O) groups is 2. The third-order valence-electron chi connectivity index (χ3n) is 4.10. The SMILES string of the molecule is Cc1cc(C)c(C(=O)NCC(NC(=O)c2oc(C)cc2C)C(C)C)o1. The summed E-state index contributed by atoms with van der Waals surface area (Å²) in [5, 5.41) is 5.77. The fourth-order valence-corrected chi connectivity index (χ4v) is 2.70. The fraction of sp³-hybridized carbons (Fsp3) is 0.474. The molecule has 0 spiro atoms. The van der Waals surface area contributed by atoms with Crippen molar-refractivity contribution in [2.45, 2.75) is 47.6 Å². The van der Waals surface area contributed by atoms with Gasteiger partial charge in [-0.05, 0) is 45.7 Å². The van der Waals surface area contributed by atoms with Crippen molar-refractivity contribution < 1.29 is 18.4 Å². The number of aryl methyl sites for hydroxylation is 4. The zero-order valence-electron chi connectivity index (χ0n) is 15.6. The minimum Gasteiger partial charge on any atom is -0.456 e. The molecule has 0 aliphatic heterocycles. The standard InChI is InChI=1S/C19H26N2O4/c1-10(2)15(21-19(23)17-12(4)8-14(6)25-17)9-20-18(22)16-11(3)7-13(5)24-16/h7-8,10,15H,9H2,1-6H3,(H,20,22)(H,21,23). The molecular formula is C19H26N2O4. The van der Waals surface area contributed by atoms with Gasteiger partial charge in [-0.2, -0.15) is 0 Å². The van der Waals surface area contributed by atoms with E-state index in [1.807, 2.05) is 39.8 Å². The van der Waals surface area contributed by atoms with Gasteiger partial charge in [0.25, 0.3) is 11.8 Å². The lowest BCUT2D eigenvalue weighted by atomic mass is 10.0. The van der Waals surface area contributed by atoms with Crippen LogP contribution in [0.4, 0.5) is 0 Å². The van der Waals surface area contributed by atoms with E-state index in [4.69, 9.17) is 8.83 Å². The van der Waals surface area contributed by atoms with Crippen LogP contribution >= 0.6 is 0 Å². The number of hydrogen-bond acceptors (Lipinski definition) is 4. The molecule has 1 atom stereocenters. The summed E-state index contributed by atoms with van der Waals surface area (Å²) < 4.78 is 10.9. The van der Waals surface area contributed by atoms with E-state index >= 15 is 0 Å². The second kappa shape index (κ2) is 7.59. The molecule has 2 amide bonds. The zero-order chi connectivity index (χ0) is 18.7. The first-order chi connectivity index (χ1) is 11.7. The van der Waals surface area contributed by atoms with Gasteiger partial charge < -0.3 is 19.5 Å². The Hall–Kier alpha value is -2.50. The van der Waals surface area contributed by atoms with Gasteiger partial charge in [-0.25, -0.2) is 0 Å². The maximum atomic E-state index is 12.4. The Bertz CT molecular complexity index is 770. The van der Waals surface area contributed by atoms with Gasteiger partial charge in [-0.3, -0.25) is 9.59 Å². The molecule has 6 heteroatoms. The first kappa shape index (κ1) is 18.8. The largest absolute Gasteiger partial charge is 0.456 e. The van der Waals surface area contributed by atoms with Crippen LogP contribution in [0.1, 0.15) is 57.6 Å². The first-order valence-electron chi connectivity index (χ1n) is 8.42. The molecule has 2 aromatic heterocycles. The molecule has 0 radical (unpaired) electrons. The Kier molecular flexibility index (Phi) is 5.72. The Morgan fingerprint density at radius 2 is 1.40 bits per heavy atom. The summed E-state index contributed by atoms with van der Waals surface area (Å²) in [5.41, 5.74) is 1.59. The van der Waals surface area contributed by atoms with E-state index in [-0.39, 0.29) is 23.8 Å².